The van der Waals surface area contributed by atoms with Gasteiger partial charge < -0.3 is 15.3 Å². The number of aliphatic hydroxyl groups is 1. The lowest BCUT2D eigenvalue weighted by molar-refractivity contribution is -0.141. The van der Waals surface area contributed by atoms with Crippen molar-refractivity contribution >= 4 is 17.7 Å². The van der Waals surface area contributed by atoms with Crippen LogP contribution in [0.5, 0.6) is 0 Å². The summed E-state index contributed by atoms with van der Waals surface area (Å²) < 4.78 is 0. The summed E-state index contributed by atoms with van der Waals surface area (Å²) in [5.74, 6) is -1.86. The zero-order valence-electron chi connectivity index (χ0n) is 16.7. The van der Waals surface area contributed by atoms with Crippen LogP contribution in [0.1, 0.15) is 65.7 Å². The van der Waals surface area contributed by atoms with Crippen LogP contribution in [0.4, 0.5) is 0 Å². The van der Waals surface area contributed by atoms with Gasteiger partial charge in [-0.3, -0.25) is 19.6 Å². The molecule has 0 spiro atoms. The van der Waals surface area contributed by atoms with E-state index in [0.29, 0.717) is 13.0 Å². The maximum Gasteiger partial charge on any atom is 0.245 e. The Morgan fingerprint density at radius 3 is 2.48 bits per heavy atom. The second-order valence-electron chi connectivity index (χ2n) is 7.67. The van der Waals surface area contributed by atoms with Gasteiger partial charge >= 0.3 is 0 Å². The van der Waals surface area contributed by atoms with Crippen LogP contribution >= 0.6 is 0 Å². The molecule has 3 amide bonds. The van der Waals surface area contributed by atoms with Crippen molar-refractivity contribution in [3.8, 4) is 0 Å². The average Bonchev–Trinajstić information content (AvgIpc) is 3.13. The molecule has 0 radical (unpaired) electrons. The first-order chi connectivity index (χ1) is 12.8. The van der Waals surface area contributed by atoms with Crippen LogP contribution in [0.25, 0.3) is 0 Å². The van der Waals surface area contributed by atoms with Gasteiger partial charge in [0.1, 0.15) is 6.04 Å². The molecular formula is C19H35N3O5. The maximum atomic E-state index is 12.9. The number of hydrogen-bond acceptors (Lipinski definition) is 5. The molecule has 0 bridgehead atoms. The van der Waals surface area contributed by atoms with Crippen molar-refractivity contribution in [3.05, 3.63) is 0 Å². The largest absolute Gasteiger partial charge is 0.394 e. The molecule has 0 aromatic carbocycles. The highest BCUT2D eigenvalue weighted by molar-refractivity contribution is 5.91. The van der Waals surface area contributed by atoms with E-state index < -0.39 is 17.9 Å². The third-order valence-corrected chi connectivity index (χ3v) is 5.18. The zero-order valence-corrected chi connectivity index (χ0v) is 16.7. The van der Waals surface area contributed by atoms with Gasteiger partial charge in [-0.1, -0.05) is 40.0 Å². The van der Waals surface area contributed by atoms with Crippen LogP contribution in [0, 0.1) is 11.8 Å². The van der Waals surface area contributed by atoms with Crippen LogP contribution < -0.4 is 10.8 Å². The summed E-state index contributed by atoms with van der Waals surface area (Å²) in [6, 6.07) is -0.897. The smallest absolute Gasteiger partial charge is 0.245 e. The Morgan fingerprint density at radius 1 is 1.22 bits per heavy atom. The van der Waals surface area contributed by atoms with E-state index in [4.69, 9.17) is 5.21 Å². The van der Waals surface area contributed by atoms with Gasteiger partial charge in [0.2, 0.25) is 17.7 Å². The standard InChI is InChI=1S/C19H35N3O5/c1-4-5-6-8-14(11-16(24)21-27)18(25)20-17(13(2)3)19(26)22-10-7-9-15(22)12-23/h13-15,17,23,27H,4-12H2,1-3H3,(H,20,25)(H,21,24)/t14-,15?,17+/m1/s1. The number of amides is 3. The van der Waals surface area contributed by atoms with E-state index >= 15 is 0 Å². The number of nitrogens with zero attached hydrogens (tertiary/aromatic N) is 1. The minimum atomic E-state index is -0.699. The Bertz CT molecular complexity index is 498. The van der Waals surface area contributed by atoms with Crippen molar-refractivity contribution in [1.29, 1.82) is 0 Å². The zero-order chi connectivity index (χ0) is 20.4. The van der Waals surface area contributed by atoms with E-state index in [1.165, 1.54) is 0 Å². The van der Waals surface area contributed by atoms with Gasteiger partial charge in [-0.25, -0.2) is 5.48 Å². The lowest BCUT2D eigenvalue weighted by atomic mass is 9.94. The van der Waals surface area contributed by atoms with Gasteiger partial charge in [0, 0.05) is 18.9 Å². The van der Waals surface area contributed by atoms with Crippen molar-refractivity contribution < 1.29 is 24.7 Å². The van der Waals surface area contributed by atoms with Crippen LogP contribution in [0.3, 0.4) is 0 Å². The third kappa shape index (κ3) is 7.10. The Kier molecular flexibility index (Phi) is 10.3. The summed E-state index contributed by atoms with van der Waals surface area (Å²) in [4.78, 5) is 38.9. The predicted octanol–water partition coefficient (Wildman–Crippen LogP) is 1.20. The fraction of sp³-hybridized carbons (Fsp3) is 0.842. The molecule has 1 heterocycles. The van der Waals surface area contributed by atoms with E-state index in [2.05, 4.69) is 12.2 Å². The molecular weight excluding hydrogens is 350 g/mol. The number of hydroxylamine groups is 1. The normalized spacial score (nSPS) is 19.0. The molecule has 1 saturated heterocycles. The van der Waals surface area contributed by atoms with Crippen LogP contribution in [-0.4, -0.2) is 58.2 Å². The topological polar surface area (TPSA) is 119 Å². The van der Waals surface area contributed by atoms with E-state index in [1.54, 1.807) is 10.4 Å². The summed E-state index contributed by atoms with van der Waals surface area (Å²) in [6.07, 6.45) is 4.74. The van der Waals surface area contributed by atoms with Gasteiger partial charge in [-0.05, 0) is 25.2 Å². The minimum Gasteiger partial charge on any atom is -0.394 e. The van der Waals surface area contributed by atoms with E-state index in [0.717, 1.165) is 32.1 Å². The van der Waals surface area contributed by atoms with Gasteiger partial charge in [-0.15, -0.1) is 0 Å². The van der Waals surface area contributed by atoms with Crippen molar-refractivity contribution in [3.63, 3.8) is 0 Å². The SMILES string of the molecule is CCCCC[C@H](CC(=O)NO)C(=O)N[C@H](C(=O)N1CCCC1CO)C(C)C. The number of carbonyl (C=O) groups is 3. The van der Waals surface area contributed by atoms with Gasteiger partial charge in [0.05, 0.1) is 12.6 Å². The number of nitrogens with one attached hydrogen (secondary N) is 2. The van der Waals surface area contributed by atoms with E-state index in [1.807, 2.05) is 13.8 Å². The predicted molar refractivity (Wildman–Crippen MR) is 101 cm³/mol. The molecule has 3 atom stereocenters. The number of carbonyl (C=O) groups excluding carboxylic acids is 3. The number of aliphatic hydroxyl groups excluding tert-OH is 1. The molecule has 0 saturated carbocycles. The van der Waals surface area contributed by atoms with Crippen LogP contribution in [0.2, 0.25) is 0 Å². The number of hydrogen-bond donors (Lipinski definition) is 4. The van der Waals surface area contributed by atoms with Crippen molar-refractivity contribution in [2.75, 3.05) is 13.2 Å². The maximum absolute atomic E-state index is 12.9. The van der Waals surface area contributed by atoms with Crippen molar-refractivity contribution in [1.82, 2.24) is 15.7 Å². The summed E-state index contributed by atoms with van der Waals surface area (Å²) in [5, 5.41) is 21.1. The van der Waals surface area contributed by atoms with Gasteiger partial charge in [0.25, 0.3) is 0 Å². The second kappa shape index (κ2) is 11.9. The van der Waals surface area contributed by atoms with Crippen molar-refractivity contribution in [2.24, 2.45) is 11.8 Å². The van der Waals surface area contributed by atoms with Crippen molar-refractivity contribution in [2.45, 2.75) is 77.8 Å². The molecule has 0 aliphatic carbocycles. The highest BCUT2D eigenvalue weighted by Gasteiger charge is 2.36. The summed E-state index contributed by atoms with van der Waals surface area (Å²) in [7, 11) is 0. The Labute approximate surface area is 161 Å². The quantitative estimate of drug-likeness (QED) is 0.242. The fourth-order valence-electron chi connectivity index (χ4n) is 3.51. The molecule has 8 heteroatoms. The highest BCUT2D eigenvalue weighted by Crippen LogP contribution is 2.21. The number of unbranched alkanes of at least 4 members (excludes halogenated alkanes) is 2. The first-order valence-corrected chi connectivity index (χ1v) is 10.00. The fourth-order valence-corrected chi connectivity index (χ4v) is 3.51. The second-order valence-corrected chi connectivity index (χ2v) is 7.67. The molecule has 1 rings (SSSR count). The molecule has 1 aliphatic heterocycles. The highest BCUT2D eigenvalue weighted by atomic mass is 16.5. The van der Waals surface area contributed by atoms with Crippen LogP contribution in [-0.2, 0) is 14.4 Å². The first kappa shape index (κ1) is 23.4. The first-order valence-electron chi connectivity index (χ1n) is 10.00. The number of likely N-dealkylation sites (tertiary alicyclic amines) is 1. The van der Waals surface area contributed by atoms with Gasteiger partial charge in [-0.2, -0.15) is 0 Å². The molecule has 1 aliphatic rings. The minimum absolute atomic E-state index is 0.0825. The lowest BCUT2D eigenvalue weighted by Crippen LogP contribution is -2.54. The molecule has 8 nitrogen and oxygen atoms in total. The number of rotatable bonds is 11. The summed E-state index contributed by atoms with van der Waals surface area (Å²) in [5.41, 5.74) is 1.58. The van der Waals surface area contributed by atoms with Gasteiger partial charge in [0.15, 0.2) is 0 Å². The van der Waals surface area contributed by atoms with E-state index in [-0.39, 0.29) is 36.8 Å². The Hall–Kier alpha value is -1.67. The molecule has 27 heavy (non-hydrogen) atoms. The molecule has 0 aromatic heterocycles. The molecule has 156 valence electrons. The molecule has 1 fully saturated rings. The third-order valence-electron chi connectivity index (χ3n) is 5.18. The van der Waals surface area contributed by atoms with E-state index in [9.17, 15) is 19.5 Å². The van der Waals surface area contributed by atoms with Crippen LogP contribution in [0.15, 0.2) is 0 Å². The molecule has 1 unspecified atom stereocenters. The summed E-state index contributed by atoms with van der Waals surface area (Å²) >= 11 is 0. The Morgan fingerprint density at radius 2 is 1.93 bits per heavy atom. The molecule has 4 N–H and O–H groups in total. The monoisotopic (exact) mass is 385 g/mol. The molecule has 0 aromatic rings. The average molecular weight is 386 g/mol. The summed E-state index contributed by atoms with van der Waals surface area (Å²) in [6.45, 7) is 6.27. The lowest BCUT2D eigenvalue weighted by Gasteiger charge is -2.31. The Balaban J connectivity index is 2.82.